The molecule has 1 atom stereocenters. The summed E-state index contributed by atoms with van der Waals surface area (Å²) in [7, 11) is 0. The SMILES string of the molecule is CCOC(=O)C1=C(CN2CCN(C(=O)N3CCC(O)CC3)CC2)NC(c2nccs2)=N[C@H]1c1cccc(F)c1C. The van der Waals surface area contributed by atoms with Gasteiger partial charge in [-0.25, -0.2) is 19.0 Å². The first-order chi connectivity index (χ1) is 19.4. The number of hydrogen-bond acceptors (Lipinski definition) is 9. The van der Waals surface area contributed by atoms with Crippen LogP contribution < -0.4 is 5.32 Å². The Hall–Kier alpha value is -3.35. The van der Waals surface area contributed by atoms with Gasteiger partial charge in [-0.15, -0.1) is 11.3 Å². The number of aromatic nitrogens is 1. The van der Waals surface area contributed by atoms with Crippen molar-refractivity contribution in [1.82, 2.24) is 25.0 Å². The molecule has 1 aromatic carbocycles. The van der Waals surface area contributed by atoms with E-state index < -0.39 is 12.0 Å². The van der Waals surface area contributed by atoms with E-state index in [2.05, 4.69) is 15.2 Å². The molecule has 2 N–H and O–H groups in total. The van der Waals surface area contributed by atoms with E-state index in [1.54, 1.807) is 32.2 Å². The number of aliphatic hydroxyl groups excluding tert-OH is 1. The van der Waals surface area contributed by atoms with Crippen molar-refractivity contribution >= 4 is 29.2 Å². The lowest BCUT2D eigenvalue weighted by atomic mass is 9.92. The molecule has 214 valence electrons. The standard InChI is InChI=1S/C28H35FN6O4S/c1-3-39-27(37)23-22(17-33-12-14-35(15-13-33)28(38)34-10-7-19(36)8-11-34)31-25(26-30-9-16-40-26)32-24(23)20-5-4-6-21(29)18(20)2/h4-6,9,16,19,24,36H,3,7-8,10-15,17H2,1-2H3,(H,31,32)/t24-/m0/s1. The number of benzene rings is 1. The molecule has 2 amide bonds. The minimum absolute atomic E-state index is 0.00797. The maximum absolute atomic E-state index is 14.6. The van der Waals surface area contributed by atoms with Gasteiger partial charge >= 0.3 is 12.0 Å². The van der Waals surface area contributed by atoms with Crippen molar-refractivity contribution in [3.8, 4) is 0 Å². The number of amides is 2. The van der Waals surface area contributed by atoms with Gasteiger partial charge in [-0.3, -0.25) is 9.89 Å². The molecule has 2 fully saturated rings. The number of ether oxygens (including phenoxy) is 1. The molecule has 5 rings (SSSR count). The van der Waals surface area contributed by atoms with Gasteiger partial charge in [0.1, 0.15) is 11.9 Å². The number of carbonyl (C=O) groups is 2. The number of hydrogen-bond donors (Lipinski definition) is 2. The Morgan fingerprint density at radius 3 is 2.55 bits per heavy atom. The molecule has 4 heterocycles. The minimum atomic E-state index is -0.762. The Balaban J connectivity index is 1.40. The number of piperidine rings is 1. The average Bonchev–Trinajstić information content (AvgIpc) is 3.50. The summed E-state index contributed by atoms with van der Waals surface area (Å²) in [5.74, 6) is -0.342. The number of carbonyl (C=O) groups excluding carboxylic acids is 2. The number of urea groups is 1. The number of nitrogens with one attached hydrogen (secondary N) is 1. The summed E-state index contributed by atoms with van der Waals surface area (Å²) in [6, 6.07) is 4.06. The van der Waals surface area contributed by atoms with Gasteiger partial charge < -0.3 is 25.0 Å². The van der Waals surface area contributed by atoms with Crippen LogP contribution in [0.4, 0.5) is 9.18 Å². The van der Waals surface area contributed by atoms with Crippen LogP contribution in [0.5, 0.6) is 0 Å². The molecule has 10 nitrogen and oxygen atoms in total. The van der Waals surface area contributed by atoms with Gasteiger partial charge in [0.25, 0.3) is 0 Å². The van der Waals surface area contributed by atoms with Crippen LogP contribution in [-0.4, -0.2) is 101 Å². The second-order valence-corrected chi connectivity index (χ2v) is 11.1. The highest BCUT2D eigenvalue weighted by atomic mass is 32.1. The number of aliphatic hydroxyl groups is 1. The largest absolute Gasteiger partial charge is 0.463 e. The summed E-state index contributed by atoms with van der Waals surface area (Å²) in [5.41, 5.74) is 2.01. The van der Waals surface area contributed by atoms with Crippen LogP contribution >= 0.6 is 11.3 Å². The maximum atomic E-state index is 14.6. The van der Waals surface area contributed by atoms with E-state index in [-0.39, 0.29) is 24.6 Å². The Kier molecular flexibility index (Phi) is 8.77. The number of aliphatic imine (C=N–C) groups is 1. The fourth-order valence-electron chi connectivity index (χ4n) is 5.34. The smallest absolute Gasteiger partial charge is 0.338 e. The Labute approximate surface area is 237 Å². The molecule has 0 radical (unpaired) electrons. The van der Waals surface area contributed by atoms with Crippen molar-refractivity contribution in [2.45, 2.75) is 38.8 Å². The van der Waals surface area contributed by atoms with Crippen LogP contribution in [0.25, 0.3) is 0 Å². The third-order valence-corrected chi connectivity index (χ3v) is 8.40. The number of thiazole rings is 1. The fourth-order valence-corrected chi connectivity index (χ4v) is 5.93. The summed E-state index contributed by atoms with van der Waals surface area (Å²) in [5, 5.41) is 15.6. The first-order valence-electron chi connectivity index (χ1n) is 13.7. The summed E-state index contributed by atoms with van der Waals surface area (Å²) in [6.07, 6.45) is 2.58. The molecule has 1 aromatic heterocycles. The number of nitrogens with zero attached hydrogens (tertiary/aromatic N) is 5. The van der Waals surface area contributed by atoms with E-state index in [9.17, 15) is 19.1 Å². The zero-order valence-corrected chi connectivity index (χ0v) is 23.6. The van der Waals surface area contributed by atoms with Gasteiger partial charge in [0.05, 0.1) is 18.3 Å². The van der Waals surface area contributed by atoms with Crippen molar-refractivity contribution in [1.29, 1.82) is 0 Å². The van der Waals surface area contributed by atoms with Crippen LogP contribution in [-0.2, 0) is 9.53 Å². The van der Waals surface area contributed by atoms with Crippen molar-refractivity contribution in [2.24, 2.45) is 4.99 Å². The Bertz CT molecular complexity index is 1280. The third-order valence-electron chi connectivity index (χ3n) is 7.62. The number of likely N-dealkylation sites (tertiary alicyclic amines) is 1. The molecule has 0 bridgehead atoms. The van der Waals surface area contributed by atoms with Gasteiger partial charge in [-0.05, 0) is 43.9 Å². The van der Waals surface area contributed by atoms with Crippen molar-refractivity contribution in [2.75, 3.05) is 52.4 Å². The highest BCUT2D eigenvalue weighted by Gasteiger charge is 2.35. The van der Waals surface area contributed by atoms with Crippen LogP contribution in [0.1, 0.15) is 41.9 Å². The van der Waals surface area contributed by atoms with Crippen LogP contribution in [0.2, 0.25) is 0 Å². The highest BCUT2D eigenvalue weighted by Crippen LogP contribution is 2.35. The second-order valence-electron chi connectivity index (χ2n) is 10.2. The fraction of sp³-hybridized carbons (Fsp3) is 0.500. The first kappa shape index (κ1) is 28.2. The van der Waals surface area contributed by atoms with Crippen LogP contribution in [0.15, 0.2) is 46.0 Å². The van der Waals surface area contributed by atoms with Crippen LogP contribution in [0.3, 0.4) is 0 Å². The zero-order chi connectivity index (χ0) is 28.2. The quantitative estimate of drug-likeness (QED) is 0.514. The Morgan fingerprint density at radius 1 is 1.15 bits per heavy atom. The predicted octanol–water partition coefficient (Wildman–Crippen LogP) is 2.69. The summed E-state index contributed by atoms with van der Waals surface area (Å²) < 4.78 is 20.1. The number of esters is 1. The molecule has 2 saturated heterocycles. The zero-order valence-electron chi connectivity index (χ0n) is 22.8. The van der Waals surface area contributed by atoms with E-state index in [1.165, 1.54) is 17.4 Å². The number of rotatable bonds is 6. The van der Waals surface area contributed by atoms with Gasteiger partial charge in [-0.1, -0.05) is 12.1 Å². The molecule has 3 aliphatic rings. The summed E-state index contributed by atoms with van der Waals surface area (Å²) in [6.45, 7) is 7.53. The second kappa shape index (κ2) is 12.4. The minimum Gasteiger partial charge on any atom is -0.463 e. The number of amidine groups is 1. The molecule has 0 aliphatic carbocycles. The lowest BCUT2D eigenvalue weighted by Crippen LogP contribution is -2.55. The average molecular weight is 571 g/mol. The predicted molar refractivity (Wildman–Crippen MR) is 150 cm³/mol. The first-order valence-corrected chi connectivity index (χ1v) is 14.6. The van der Waals surface area contributed by atoms with Gasteiger partial charge in [0.15, 0.2) is 10.8 Å². The number of piperazine rings is 1. The lowest BCUT2D eigenvalue weighted by molar-refractivity contribution is -0.139. The molecule has 0 spiro atoms. The normalized spacial score (nSPS) is 20.8. The Morgan fingerprint density at radius 2 is 1.88 bits per heavy atom. The van der Waals surface area contributed by atoms with E-state index in [1.807, 2.05) is 15.2 Å². The lowest BCUT2D eigenvalue weighted by Gasteiger charge is -2.40. The molecule has 12 heteroatoms. The van der Waals surface area contributed by atoms with Crippen molar-refractivity contribution in [3.05, 3.63) is 63.0 Å². The van der Waals surface area contributed by atoms with Gasteiger partial charge in [-0.2, -0.15) is 0 Å². The van der Waals surface area contributed by atoms with Crippen molar-refractivity contribution < 1.29 is 23.8 Å². The van der Waals surface area contributed by atoms with Gasteiger partial charge in [0, 0.05) is 63.1 Å². The molecular formula is C28H35FN6O4S. The molecule has 0 saturated carbocycles. The molecule has 3 aliphatic heterocycles. The molecule has 0 unspecified atom stereocenters. The van der Waals surface area contributed by atoms with E-state index >= 15 is 0 Å². The highest BCUT2D eigenvalue weighted by molar-refractivity contribution is 7.11. The van der Waals surface area contributed by atoms with E-state index in [0.717, 1.165) is 0 Å². The summed E-state index contributed by atoms with van der Waals surface area (Å²) >= 11 is 1.42. The van der Waals surface area contributed by atoms with Gasteiger partial charge in [0.2, 0.25) is 0 Å². The maximum Gasteiger partial charge on any atom is 0.338 e. The third kappa shape index (κ3) is 6.03. The van der Waals surface area contributed by atoms with Crippen LogP contribution in [0, 0.1) is 12.7 Å². The van der Waals surface area contributed by atoms with E-state index in [0.29, 0.717) is 91.9 Å². The van der Waals surface area contributed by atoms with E-state index in [4.69, 9.17) is 9.73 Å². The molecular weight excluding hydrogens is 535 g/mol. The molecule has 40 heavy (non-hydrogen) atoms. The monoisotopic (exact) mass is 570 g/mol. The number of halogens is 1. The molecule has 2 aromatic rings. The summed E-state index contributed by atoms with van der Waals surface area (Å²) in [4.78, 5) is 41.5. The topological polar surface area (TPSA) is 111 Å². The van der Waals surface area contributed by atoms with Crippen molar-refractivity contribution in [3.63, 3.8) is 0 Å².